The number of rotatable bonds is 6. The predicted molar refractivity (Wildman–Crippen MR) is 96.1 cm³/mol. The van der Waals surface area contributed by atoms with E-state index in [4.69, 9.17) is 5.11 Å². The summed E-state index contributed by atoms with van der Waals surface area (Å²) in [5.74, 6) is -0.331. The van der Waals surface area contributed by atoms with Gasteiger partial charge in [-0.2, -0.15) is 11.3 Å². The lowest BCUT2D eigenvalue weighted by molar-refractivity contribution is -0.137. The van der Waals surface area contributed by atoms with E-state index in [9.17, 15) is 9.59 Å². The SMILES string of the molecule is O=C(O)CCCn1c(/C=C/c2ccsc2)nc2ccccc2c1=O. The number of carbonyl (C=O) groups is 1. The van der Waals surface area contributed by atoms with Crippen molar-refractivity contribution in [3.05, 3.63) is 62.8 Å². The topological polar surface area (TPSA) is 72.2 Å². The number of fused-ring (bicyclic) bond motifs is 1. The van der Waals surface area contributed by atoms with Gasteiger partial charge in [0.2, 0.25) is 0 Å². The molecular formula is C18H16N2O3S. The number of hydrogen-bond donors (Lipinski definition) is 1. The molecule has 0 aliphatic carbocycles. The minimum atomic E-state index is -0.868. The molecule has 3 aromatic rings. The molecule has 0 saturated carbocycles. The van der Waals surface area contributed by atoms with Crippen LogP contribution in [-0.2, 0) is 11.3 Å². The summed E-state index contributed by atoms with van der Waals surface area (Å²) in [6, 6.07) is 9.17. The highest BCUT2D eigenvalue weighted by atomic mass is 32.1. The van der Waals surface area contributed by atoms with Crippen LogP contribution in [0, 0.1) is 0 Å². The van der Waals surface area contributed by atoms with Crippen LogP contribution in [0.5, 0.6) is 0 Å². The van der Waals surface area contributed by atoms with Gasteiger partial charge in [0.25, 0.3) is 5.56 Å². The Balaban J connectivity index is 2.03. The minimum absolute atomic E-state index is 0.0208. The van der Waals surface area contributed by atoms with Crippen molar-refractivity contribution in [1.29, 1.82) is 0 Å². The highest BCUT2D eigenvalue weighted by Crippen LogP contribution is 2.13. The van der Waals surface area contributed by atoms with Crippen LogP contribution in [-0.4, -0.2) is 20.6 Å². The second-order valence-corrected chi connectivity index (χ2v) is 6.11. The number of hydrogen-bond acceptors (Lipinski definition) is 4. The van der Waals surface area contributed by atoms with Crippen LogP contribution in [0.25, 0.3) is 23.1 Å². The highest BCUT2D eigenvalue weighted by Gasteiger charge is 2.09. The summed E-state index contributed by atoms with van der Waals surface area (Å²) in [5, 5.41) is 13.3. The van der Waals surface area contributed by atoms with E-state index in [-0.39, 0.29) is 12.0 Å². The second-order valence-electron chi connectivity index (χ2n) is 5.33. The van der Waals surface area contributed by atoms with E-state index < -0.39 is 5.97 Å². The number of aromatic nitrogens is 2. The molecule has 0 unspecified atom stereocenters. The maximum absolute atomic E-state index is 12.7. The number of nitrogens with zero attached hydrogens (tertiary/aromatic N) is 2. The van der Waals surface area contributed by atoms with E-state index in [0.29, 0.717) is 29.7 Å². The number of benzene rings is 1. The van der Waals surface area contributed by atoms with Gasteiger partial charge in [-0.25, -0.2) is 4.98 Å². The monoisotopic (exact) mass is 340 g/mol. The molecular weight excluding hydrogens is 324 g/mol. The van der Waals surface area contributed by atoms with Gasteiger partial charge < -0.3 is 5.11 Å². The fourth-order valence-electron chi connectivity index (χ4n) is 2.46. The van der Waals surface area contributed by atoms with E-state index in [1.807, 2.05) is 29.0 Å². The van der Waals surface area contributed by atoms with Crippen LogP contribution in [0.3, 0.4) is 0 Å². The van der Waals surface area contributed by atoms with E-state index in [1.54, 1.807) is 40.2 Å². The molecule has 3 rings (SSSR count). The van der Waals surface area contributed by atoms with Crippen LogP contribution < -0.4 is 5.56 Å². The van der Waals surface area contributed by atoms with Crippen molar-refractivity contribution in [2.75, 3.05) is 0 Å². The smallest absolute Gasteiger partial charge is 0.303 e. The van der Waals surface area contributed by atoms with Crippen molar-refractivity contribution in [3.63, 3.8) is 0 Å². The van der Waals surface area contributed by atoms with E-state index in [1.165, 1.54) is 0 Å². The Hall–Kier alpha value is -2.73. The van der Waals surface area contributed by atoms with Crippen LogP contribution in [0.2, 0.25) is 0 Å². The molecule has 0 radical (unpaired) electrons. The van der Waals surface area contributed by atoms with E-state index >= 15 is 0 Å². The van der Waals surface area contributed by atoms with Crippen molar-refractivity contribution >= 4 is 40.4 Å². The first kappa shape index (κ1) is 16.1. The molecule has 0 atom stereocenters. The van der Waals surface area contributed by atoms with Gasteiger partial charge in [0, 0.05) is 13.0 Å². The fraction of sp³-hybridized carbons (Fsp3) is 0.167. The molecule has 0 aliphatic rings. The molecule has 2 heterocycles. The Bertz CT molecular complexity index is 943. The first-order valence-corrected chi connectivity index (χ1v) is 8.51. The van der Waals surface area contributed by atoms with Gasteiger partial charge in [-0.05, 0) is 47.0 Å². The highest BCUT2D eigenvalue weighted by molar-refractivity contribution is 7.08. The first-order valence-electron chi connectivity index (χ1n) is 7.57. The lowest BCUT2D eigenvalue weighted by atomic mass is 10.2. The van der Waals surface area contributed by atoms with Gasteiger partial charge in [-0.1, -0.05) is 18.2 Å². The van der Waals surface area contributed by atoms with Crippen LogP contribution in [0.15, 0.2) is 45.9 Å². The number of para-hydroxylation sites is 1. The Labute approximate surface area is 142 Å². The summed E-state index contributed by atoms with van der Waals surface area (Å²) in [4.78, 5) is 28.0. The number of carboxylic acid groups (broad SMARTS) is 1. The van der Waals surface area contributed by atoms with Crippen molar-refractivity contribution in [1.82, 2.24) is 9.55 Å². The quantitative estimate of drug-likeness (QED) is 0.745. The molecule has 1 aromatic carbocycles. The minimum Gasteiger partial charge on any atom is -0.481 e. The van der Waals surface area contributed by atoms with Crippen LogP contribution in [0.4, 0.5) is 0 Å². The van der Waals surface area contributed by atoms with Gasteiger partial charge in [0.05, 0.1) is 10.9 Å². The standard InChI is InChI=1S/C18H16N2O3S/c21-17(22)6-3-10-20-16(8-7-13-9-11-24-12-13)19-15-5-2-1-4-14(15)18(20)23/h1-2,4-5,7-9,11-12H,3,6,10H2,(H,21,22)/b8-7+. The maximum atomic E-state index is 12.7. The zero-order chi connectivity index (χ0) is 16.9. The summed E-state index contributed by atoms with van der Waals surface area (Å²) >= 11 is 1.60. The summed E-state index contributed by atoms with van der Waals surface area (Å²) in [5.41, 5.74) is 1.54. The third-order valence-corrected chi connectivity index (χ3v) is 4.33. The largest absolute Gasteiger partial charge is 0.481 e. The summed E-state index contributed by atoms with van der Waals surface area (Å²) in [6.45, 7) is 0.326. The molecule has 0 amide bonds. The fourth-order valence-corrected chi connectivity index (χ4v) is 3.09. The average Bonchev–Trinajstić information content (AvgIpc) is 3.08. The Morgan fingerprint density at radius 2 is 2.08 bits per heavy atom. The van der Waals surface area contributed by atoms with Crippen LogP contribution in [0.1, 0.15) is 24.2 Å². The predicted octanol–water partition coefficient (Wildman–Crippen LogP) is 3.49. The number of thiophene rings is 1. The maximum Gasteiger partial charge on any atom is 0.303 e. The Morgan fingerprint density at radius 3 is 2.83 bits per heavy atom. The zero-order valence-corrected chi connectivity index (χ0v) is 13.7. The van der Waals surface area contributed by atoms with Crippen molar-refractivity contribution in [3.8, 4) is 0 Å². The molecule has 122 valence electrons. The Morgan fingerprint density at radius 1 is 1.25 bits per heavy atom. The third-order valence-electron chi connectivity index (χ3n) is 3.63. The van der Waals surface area contributed by atoms with Gasteiger partial charge in [0.15, 0.2) is 0 Å². The molecule has 0 aliphatic heterocycles. The number of aliphatic carboxylic acids is 1. The summed E-state index contributed by atoms with van der Waals surface area (Å²) < 4.78 is 1.55. The molecule has 0 spiro atoms. The molecule has 0 bridgehead atoms. The van der Waals surface area contributed by atoms with Crippen molar-refractivity contribution < 1.29 is 9.90 Å². The van der Waals surface area contributed by atoms with E-state index in [2.05, 4.69) is 4.98 Å². The summed E-state index contributed by atoms with van der Waals surface area (Å²) in [7, 11) is 0. The van der Waals surface area contributed by atoms with E-state index in [0.717, 1.165) is 5.56 Å². The van der Waals surface area contributed by atoms with Gasteiger partial charge in [-0.3, -0.25) is 14.2 Å². The van der Waals surface area contributed by atoms with Gasteiger partial charge in [0.1, 0.15) is 5.82 Å². The third kappa shape index (κ3) is 3.60. The average molecular weight is 340 g/mol. The molecule has 24 heavy (non-hydrogen) atoms. The molecule has 6 heteroatoms. The molecule has 5 nitrogen and oxygen atoms in total. The van der Waals surface area contributed by atoms with Crippen LogP contribution >= 0.6 is 11.3 Å². The van der Waals surface area contributed by atoms with Gasteiger partial charge in [-0.15, -0.1) is 0 Å². The molecule has 1 N–H and O–H groups in total. The number of carboxylic acids is 1. The lowest BCUT2D eigenvalue weighted by Crippen LogP contribution is -2.24. The van der Waals surface area contributed by atoms with Gasteiger partial charge >= 0.3 is 5.97 Å². The Kier molecular flexibility index (Phi) is 4.86. The second kappa shape index (κ2) is 7.23. The first-order chi connectivity index (χ1) is 11.6. The normalized spacial score (nSPS) is 11.3. The van der Waals surface area contributed by atoms with Crippen molar-refractivity contribution in [2.24, 2.45) is 0 Å². The lowest BCUT2D eigenvalue weighted by Gasteiger charge is -2.10. The summed E-state index contributed by atoms with van der Waals surface area (Å²) in [6.07, 6.45) is 4.11. The zero-order valence-electron chi connectivity index (χ0n) is 12.9. The molecule has 0 fully saturated rings. The van der Waals surface area contributed by atoms with Crippen molar-refractivity contribution in [2.45, 2.75) is 19.4 Å². The molecule has 2 aromatic heterocycles. The molecule has 0 saturated heterocycles.